The quantitative estimate of drug-likeness (QED) is 0.383. The van der Waals surface area contributed by atoms with E-state index in [0.29, 0.717) is 11.1 Å². The Bertz CT molecular complexity index is 573. The van der Waals surface area contributed by atoms with Gasteiger partial charge in [0.1, 0.15) is 0 Å². The number of benzene rings is 1. The summed E-state index contributed by atoms with van der Waals surface area (Å²) in [6.07, 6.45) is 0. The summed E-state index contributed by atoms with van der Waals surface area (Å²) >= 11 is 0. The van der Waals surface area contributed by atoms with Gasteiger partial charge in [0.05, 0.1) is 10.8 Å². The maximum atomic E-state index is 11.2. The minimum atomic E-state index is -0.382. The van der Waals surface area contributed by atoms with E-state index in [9.17, 15) is 9.59 Å². The molecule has 2 rings (SSSR count). The van der Waals surface area contributed by atoms with Gasteiger partial charge in [-0.3, -0.25) is 19.8 Å². The molecule has 0 amide bonds. The Kier molecular flexibility index (Phi) is 3.15. The summed E-state index contributed by atoms with van der Waals surface area (Å²) in [6.45, 7) is 0. The summed E-state index contributed by atoms with van der Waals surface area (Å²) in [4.78, 5) is 22.4. The number of nitrogens with two attached hydrogens (primary N) is 1. The fourth-order valence-corrected chi connectivity index (χ4v) is 1.26. The minimum absolute atomic E-state index is 0. The maximum absolute atomic E-state index is 11.2. The number of aromatic nitrogens is 2. The Morgan fingerprint density at radius 3 is 2.36 bits per heavy atom. The summed E-state index contributed by atoms with van der Waals surface area (Å²) in [5, 5.41) is 4.98. The van der Waals surface area contributed by atoms with Crippen molar-refractivity contribution in [1.82, 2.24) is 10.2 Å². The van der Waals surface area contributed by atoms with Crippen molar-refractivity contribution in [3.63, 3.8) is 0 Å². The number of nitrogens with one attached hydrogen (secondary N) is 2. The monoisotopic (exact) mass is 201 g/mol. The van der Waals surface area contributed by atoms with Gasteiger partial charge in [0.15, 0.2) is 0 Å². The van der Waals surface area contributed by atoms with E-state index in [4.69, 9.17) is 5.73 Å². The van der Waals surface area contributed by atoms with Gasteiger partial charge in [-0.1, -0.05) is 6.07 Å². The van der Waals surface area contributed by atoms with Crippen molar-refractivity contribution in [2.24, 2.45) is 0 Å². The molecule has 0 radical (unpaired) electrons. The molecule has 0 aliphatic heterocycles. The van der Waals surface area contributed by atoms with Crippen LogP contribution in [0.4, 0.5) is 5.69 Å². The molecule has 68 valence electrons. The number of anilines is 1. The molecule has 1 aromatic carbocycles. The molecule has 0 bridgehead atoms. The Hall–Kier alpha value is -1.04. The molecule has 6 heteroatoms. The third-order valence-electron chi connectivity index (χ3n) is 1.86. The third-order valence-corrected chi connectivity index (χ3v) is 1.86. The van der Waals surface area contributed by atoms with E-state index in [1.807, 2.05) is 0 Å². The van der Waals surface area contributed by atoms with Crippen LogP contribution in [0.15, 0.2) is 27.8 Å². The van der Waals surface area contributed by atoms with E-state index in [1.165, 1.54) is 0 Å². The van der Waals surface area contributed by atoms with Gasteiger partial charge >= 0.3 is 29.6 Å². The first kappa shape index (κ1) is 11.0. The van der Waals surface area contributed by atoms with Gasteiger partial charge in [0.2, 0.25) is 0 Å². The Labute approximate surface area is 101 Å². The average molecular weight is 201 g/mol. The fourth-order valence-electron chi connectivity index (χ4n) is 1.26. The van der Waals surface area contributed by atoms with Crippen LogP contribution in [0.2, 0.25) is 0 Å². The second kappa shape index (κ2) is 4.00. The molecule has 14 heavy (non-hydrogen) atoms. The summed E-state index contributed by atoms with van der Waals surface area (Å²) < 4.78 is 0. The topological polar surface area (TPSA) is 91.7 Å². The van der Waals surface area contributed by atoms with Crippen LogP contribution in [0.1, 0.15) is 0 Å². The summed E-state index contributed by atoms with van der Waals surface area (Å²) in [5.41, 5.74) is 5.14. The van der Waals surface area contributed by atoms with Crippen molar-refractivity contribution in [3.8, 4) is 0 Å². The first-order chi connectivity index (χ1) is 6.20. The number of aromatic amines is 2. The molecule has 0 aliphatic carbocycles. The van der Waals surface area contributed by atoms with Crippen molar-refractivity contribution in [3.05, 3.63) is 38.9 Å². The van der Waals surface area contributed by atoms with E-state index in [-0.39, 0.29) is 46.1 Å². The fraction of sp³-hybridized carbons (Fsp3) is 0. The average Bonchev–Trinajstić information content (AvgIpc) is 2.12. The molecule has 0 saturated heterocycles. The van der Waals surface area contributed by atoms with Crippen LogP contribution in [0.3, 0.4) is 0 Å². The molecule has 2 aromatic rings. The Morgan fingerprint density at radius 2 is 1.71 bits per heavy atom. The van der Waals surface area contributed by atoms with Crippen LogP contribution in [0.5, 0.6) is 0 Å². The van der Waals surface area contributed by atoms with E-state index in [2.05, 4.69) is 10.2 Å². The van der Waals surface area contributed by atoms with Gasteiger partial charge in [0.25, 0.3) is 11.1 Å². The number of H-pyrrole nitrogens is 2. The van der Waals surface area contributed by atoms with Crippen LogP contribution in [0, 0.1) is 0 Å². The van der Waals surface area contributed by atoms with Crippen LogP contribution < -0.4 is 16.9 Å². The van der Waals surface area contributed by atoms with Gasteiger partial charge in [-0.15, -0.1) is 0 Å². The molecule has 0 saturated carbocycles. The van der Waals surface area contributed by atoms with Crippen LogP contribution >= 0.6 is 0 Å². The predicted octanol–water partition coefficient (Wildman–Crippen LogP) is -0.850. The molecule has 5 nitrogen and oxygen atoms in total. The summed E-state index contributed by atoms with van der Waals surface area (Å²) in [7, 11) is 0. The normalized spacial score (nSPS) is 9.71. The SMILES string of the molecule is Nc1cccc2c(=O)[nH][nH]c(=O)c12.[NaH]. The molecule has 0 spiro atoms. The summed E-state index contributed by atoms with van der Waals surface area (Å²) in [6, 6.07) is 4.77. The Morgan fingerprint density at radius 1 is 1.07 bits per heavy atom. The van der Waals surface area contributed by atoms with Gasteiger partial charge in [-0.25, -0.2) is 0 Å². The Balaban J connectivity index is 0.000000980. The van der Waals surface area contributed by atoms with Crippen molar-refractivity contribution >= 4 is 46.0 Å². The second-order valence-corrected chi connectivity index (χ2v) is 2.68. The van der Waals surface area contributed by atoms with Crippen LogP contribution in [-0.2, 0) is 0 Å². The number of fused-ring (bicyclic) bond motifs is 1. The van der Waals surface area contributed by atoms with Crippen LogP contribution in [0.25, 0.3) is 10.8 Å². The first-order valence-electron chi connectivity index (χ1n) is 3.69. The van der Waals surface area contributed by atoms with Crippen molar-refractivity contribution < 1.29 is 0 Å². The van der Waals surface area contributed by atoms with Gasteiger partial charge in [0, 0.05) is 5.69 Å². The van der Waals surface area contributed by atoms with Crippen molar-refractivity contribution in [1.29, 1.82) is 0 Å². The van der Waals surface area contributed by atoms with E-state index < -0.39 is 0 Å². The van der Waals surface area contributed by atoms with Gasteiger partial charge in [-0.05, 0) is 12.1 Å². The first-order valence-corrected chi connectivity index (χ1v) is 3.69. The molecule has 0 unspecified atom stereocenters. The molecule has 4 N–H and O–H groups in total. The van der Waals surface area contributed by atoms with Crippen molar-refractivity contribution in [2.45, 2.75) is 0 Å². The number of nitrogen functional groups attached to an aromatic ring is 1. The zero-order chi connectivity index (χ0) is 9.42. The zero-order valence-electron chi connectivity index (χ0n) is 6.63. The molecular formula is C8H8N3NaO2. The van der Waals surface area contributed by atoms with Gasteiger partial charge < -0.3 is 5.73 Å². The third kappa shape index (κ3) is 1.61. The standard InChI is InChI=1S/C8H7N3O2.Na.H/c9-5-3-1-2-4-6(5)8(13)11-10-7(4)12;;/h1-3H,9H2,(H,10,12)(H,11,13);;. The number of hydrogen-bond donors (Lipinski definition) is 3. The summed E-state index contributed by atoms with van der Waals surface area (Å²) in [5.74, 6) is 0. The second-order valence-electron chi connectivity index (χ2n) is 2.68. The molecular weight excluding hydrogens is 193 g/mol. The molecule has 1 aromatic heterocycles. The number of hydrogen-bond acceptors (Lipinski definition) is 3. The predicted molar refractivity (Wildman–Crippen MR) is 56.8 cm³/mol. The molecule has 0 atom stereocenters. The van der Waals surface area contributed by atoms with E-state index in [0.717, 1.165) is 0 Å². The van der Waals surface area contributed by atoms with Gasteiger partial charge in [-0.2, -0.15) is 0 Å². The number of rotatable bonds is 0. The molecule has 0 fully saturated rings. The molecule has 0 aliphatic rings. The van der Waals surface area contributed by atoms with Crippen LogP contribution in [-0.4, -0.2) is 39.8 Å². The zero-order valence-corrected chi connectivity index (χ0v) is 6.63. The molecule has 1 heterocycles. The van der Waals surface area contributed by atoms with Crippen molar-refractivity contribution in [2.75, 3.05) is 5.73 Å². The van der Waals surface area contributed by atoms with E-state index in [1.54, 1.807) is 18.2 Å². The van der Waals surface area contributed by atoms with E-state index >= 15 is 0 Å².